The number of aryl methyl sites for hydroxylation is 1. The Morgan fingerprint density at radius 2 is 1.86 bits per heavy atom. The smallest absolute Gasteiger partial charge is 0.243 e. The van der Waals surface area contributed by atoms with E-state index >= 15 is 0 Å². The first-order valence-corrected chi connectivity index (χ1v) is 11.9. The lowest BCUT2D eigenvalue weighted by atomic mass is 9.99. The Morgan fingerprint density at radius 1 is 1.14 bits per heavy atom. The molecule has 0 aromatic heterocycles. The normalized spacial score (nSPS) is 21.7. The molecule has 0 radical (unpaired) electrons. The number of ether oxygens (including phenoxy) is 1. The summed E-state index contributed by atoms with van der Waals surface area (Å²) < 4.78 is 33.0. The summed E-state index contributed by atoms with van der Waals surface area (Å²) in [4.78, 5) is 12.8. The van der Waals surface area contributed by atoms with Crippen LogP contribution in [0.3, 0.4) is 0 Å². The highest BCUT2D eigenvalue weighted by atomic mass is 32.2. The lowest BCUT2D eigenvalue weighted by molar-refractivity contribution is -0.126. The second-order valence-corrected chi connectivity index (χ2v) is 9.88. The van der Waals surface area contributed by atoms with Gasteiger partial charge in [0.15, 0.2) is 0 Å². The Labute approximate surface area is 168 Å². The summed E-state index contributed by atoms with van der Waals surface area (Å²) in [5, 5.41) is 2.96. The largest absolute Gasteiger partial charge is 0.378 e. The van der Waals surface area contributed by atoms with Crippen LogP contribution in [0.25, 0.3) is 0 Å². The Kier molecular flexibility index (Phi) is 7.48. The van der Waals surface area contributed by atoms with E-state index in [0.717, 1.165) is 31.2 Å². The highest BCUT2D eigenvalue weighted by Crippen LogP contribution is 2.24. The fourth-order valence-corrected chi connectivity index (χ4v) is 5.49. The quantitative estimate of drug-likeness (QED) is 0.671. The highest BCUT2D eigenvalue weighted by molar-refractivity contribution is 7.89. The summed E-state index contributed by atoms with van der Waals surface area (Å²) in [6, 6.07) is 6.88. The first-order chi connectivity index (χ1) is 13.5. The number of benzene rings is 1. The minimum absolute atomic E-state index is 0.0512. The molecule has 28 heavy (non-hydrogen) atoms. The van der Waals surface area contributed by atoms with Gasteiger partial charge < -0.3 is 10.1 Å². The number of sulfonamides is 1. The molecule has 2 fully saturated rings. The third kappa shape index (κ3) is 5.55. The van der Waals surface area contributed by atoms with Crippen molar-refractivity contribution >= 4 is 15.9 Å². The van der Waals surface area contributed by atoms with Crippen molar-refractivity contribution in [2.75, 3.05) is 26.2 Å². The van der Waals surface area contributed by atoms with Crippen LogP contribution in [-0.2, 0) is 19.6 Å². The van der Waals surface area contributed by atoms with Crippen LogP contribution in [0.15, 0.2) is 29.2 Å². The molecule has 1 saturated carbocycles. The van der Waals surface area contributed by atoms with Gasteiger partial charge in [-0.15, -0.1) is 0 Å². The summed E-state index contributed by atoms with van der Waals surface area (Å²) in [7, 11) is -3.55. The number of piperidine rings is 1. The maximum absolute atomic E-state index is 12.9. The molecule has 3 rings (SSSR count). The molecule has 0 unspecified atom stereocenters. The predicted octanol–water partition coefficient (Wildman–Crippen LogP) is 2.86. The molecule has 0 spiro atoms. The molecule has 1 atom stereocenters. The van der Waals surface area contributed by atoms with Crippen molar-refractivity contribution in [2.45, 2.75) is 62.9 Å². The fourth-order valence-electron chi connectivity index (χ4n) is 3.97. The van der Waals surface area contributed by atoms with Crippen molar-refractivity contribution in [1.82, 2.24) is 9.62 Å². The van der Waals surface area contributed by atoms with Gasteiger partial charge >= 0.3 is 0 Å². The van der Waals surface area contributed by atoms with E-state index in [2.05, 4.69) is 5.32 Å². The molecule has 1 aliphatic carbocycles. The van der Waals surface area contributed by atoms with Crippen molar-refractivity contribution in [1.29, 1.82) is 0 Å². The van der Waals surface area contributed by atoms with Gasteiger partial charge in [0.05, 0.1) is 16.9 Å². The maximum atomic E-state index is 12.9. The molecule has 2 aliphatic rings. The zero-order valence-corrected chi connectivity index (χ0v) is 17.5. The molecule has 1 aliphatic heterocycles. The number of hydrogen-bond acceptors (Lipinski definition) is 4. The van der Waals surface area contributed by atoms with E-state index in [4.69, 9.17) is 4.74 Å². The predicted molar refractivity (Wildman–Crippen MR) is 108 cm³/mol. The molecular formula is C21H32N2O4S. The van der Waals surface area contributed by atoms with Crippen molar-refractivity contribution in [3.63, 3.8) is 0 Å². The standard InChI is InChI=1S/C21H32N2O4S/c1-17-9-11-20(12-10-17)28(25,26)23-14-4-6-18(16-23)21(24)22-13-5-15-27-19-7-2-3-8-19/h9-12,18-19H,2-8,13-16H2,1H3,(H,22,24)/t18-/m0/s1. The Balaban J connectivity index is 1.45. The second kappa shape index (κ2) is 9.85. The number of carbonyl (C=O) groups is 1. The molecular weight excluding hydrogens is 376 g/mol. The van der Waals surface area contributed by atoms with Gasteiger partial charge in [0.1, 0.15) is 0 Å². The van der Waals surface area contributed by atoms with E-state index in [-0.39, 0.29) is 18.4 Å². The minimum atomic E-state index is -3.55. The molecule has 1 heterocycles. The molecule has 1 aromatic rings. The fraction of sp³-hybridized carbons (Fsp3) is 0.667. The molecule has 7 heteroatoms. The second-order valence-electron chi connectivity index (χ2n) is 7.94. The number of amides is 1. The van der Waals surface area contributed by atoms with E-state index in [0.29, 0.717) is 37.1 Å². The summed E-state index contributed by atoms with van der Waals surface area (Å²) >= 11 is 0. The molecule has 1 saturated heterocycles. The number of hydrogen-bond donors (Lipinski definition) is 1. The molecule has 6 nitrogen and oxygen atoms in total. The number of nitrogens with one attached hydrogen (secondary N) is 1. The number of carbonyl (C=O) groups excluding carboxylic acids is 1. The van der Waals surface area contributed by atoms with Gasteiger partial charge in [-0.05, 0) is 51.2 Å². The topological polar surface area (TPSA) is 75.7 Å². The Hall–Kier alpha value is -1.44. The zero-order valence-electron chi connectivity index (χ0n) is 16.7. The average Bonchev–Trinajstić information content (AvgIpc) is 3.21. The van der Waals surface area contributed by atoms with Gasteiger partial charge in [0.2, 0.25) is 15.9 Å². The first kappa shape index (κ1) is 21.3. The molecule has 1 aromatic carbocycles. The first-order valence-electron chi connectivity index (χ1n) is 10.4. The monoisotopic (exact) mass is 408 g/mol. The van der Waals surface area contributed by atoms with E-state index < -0.39 is 10.0 Å². The summed E-state index contributed by atoms with van der Waals surface area (Å²) in [6.45, 7) is 3.89. The van der Waals surface area contributed by atoms with Crippen LogP contribution in [0.1, 0.15) is 50.5 Å². The number of nitrogens with zero attached hydrogens (tertiary/aromatic N) is 1. The average molecular weight is 409 g/mol. The molecule has 0 bridgehead atoms. The number of rotatable bonds is 8. The van der Waals surface area contributed by atoms with E-state index in [1.54, 1.807) is 24.3 Å². The summed E-state index contributed by atoms with van der Waals surface area (Å²) in [5.74, 6) is -0.339. The van der Waals surface area contributed by atoms with Crippen molar-refractivity contribution < 1.29 is 17.9 Å². The maximum Gasteiger partial charge on any atom is 0.243 e. The van der Waals surface area contributed by atoms with Crippen LogP contribution >= 0.6 is 0 Å². The van der Waals surface area contributed by atoms with Crippen LogP contribution < -0.4 is 5.32 Å². The van der Waals surface area contributed by atoms with Crippen LogP contribution in [0.5, 0.6) is 0 Å². The van der Waals surface area contributed by atoms with E-state index in [9.17, 15) is 13.2 Å². The van der Waals surface area contributed by atoms with Crippen molar-refractivity contribution in [2.24, 2.45) is 5.92 Å². The van der Waals surface area contributed by atoms with Crippen LogP contribution in [0.4, 0.5) is 0 Å². The van der Waals surface area contributed by atoms with Crippen molar-refractivity contribution in [3.8, 4) is 0 Å². The summed E-state index contributed by atoms with van der Waals surface area (Å²) in [6.07, 6.45) is 7.43. The van der Waals surface area contributed by atoms with Crippen LogP contribution in [0.2, 0.25) is 0 Å². The highest BCUT2D eigenvalue weighted by Gasteiger charge is 2.33. The Bertz CT molecular complexity index is 742. The SMILES string of the molecule is Cc1ccc(S(=O)(=O)N2CCC[C@H](C(=O)NCCCOC3CCCC3)C2)cc1. The Morgan fingerprint density at radius 3 is 2.57 bits per heavy atom. The molecule has 1 amide bonds. The zero-order chi connectivity index (χ0) is 20.0. The van der Waals surface area contributed by atoms with Gasteiger partial charge in [0.25, 0.3) is 0 Å². The molecule has 156 valence electrons. The third-order valence-electron chi connectivity index (χ3n) is 5.69. The van der Waals surface area contributed by atoms with Gasteiger partial charge in [0, 0.05) is 26.2 Å². The summed E-state index contributed by atoms with van der Waals surface area (Å²) in [5.41, 5.74) is 1.02. The van der Waals surface area contributed by atoms with Crippen molar-refractivity contribution in [3.05, 3.63) is 29.8 Å². The lowest BCUT2D eigenvalue weighted by Gasteiger charge is -2.31. The van der Waals surface area contributed by atoms with Crippen LogP contribution in [0, 0.1) is 12.8 Å². The third-order valence-corrected chi connectivity index (χ3v) is 7.57. The van der Waals surface area contributed by atoms with E-state index in [1.165, 1.54) is 17.1 Å². The molecule has 1 N–H and O–H groups in total. The van der Waals surface area contributed by atoms with Gasteiger partial charge in [-0.1, -0.05) is 30.5 Å². The van der Waals surface area contributed by atoms with E-state index in [1.807, 2.05) is 6.92 Å². The van der Waals surface area contributed by atoms with Gasteiger partial charge in [-0.2, -0.15) is 4.31 Å². The van der Waals surface area contributed by atoms with Gasteiger partial charge in [-0.25, -0.2) is 8.42 Å². The lowest BCUT2D eigenvalue weighted by Crippen LogP contribution is -2.45. The van der Waals surface area contributed by atoms with Gasteiger partial charge in [-0.3, -0.25) is 4.79 Å². The van der Waals surface area contributed by atoms with Crippen LogP contribution in [-0.4, -0.2) is 51.0 Å². The minimum Gasteiger partial charge on any atom is -0.378 e.